The molecule has 0 fully saturated rings. The molecule has 3 rings (SSSR count). The second-order valence-corrected chi connectivity index (χ2v) is 6.94. The molecule has 0 unspecified atom stereocenters. The van der Waals surface area contributed by atoms with E-state index in [9.17, 15) is 4.79 Å². The first-order valence-corrected chi connectivity index (χ1v) is 9.40. The minimum absolute atomic E-state index is 0.00684. The fraction of sp³-hybridized carbons (Fsp3) is 0.263. The first-order valence-electron chi connectivity index (χ1n) is 8.64. The van der Waals surface area contributed by atoms with Gasteiger partial charge in [0, 0.05) is 23.0 Å². The zero-order valence-corrected chi connectivity index (χ0v) is 16.3. The van der Waals surface area contributed by atoms with E-state index in [2.05, 4.69) is 20.5 Å². The maximum absolute atomic E-state index is 12.9. The Bertz CT molecular complexity index is 897. The van der Waals surface area contributed by atoms with E-state index in [1.165, 1.54) is 4.80 Å². The number of pyridine rings is 1. The third-order valence-corrected chi connectivity index (χ3v) is 4.66. The molecule has 1 amide bonds. The second-order valence-electron chi connectivity index (χ2n) is 6.07. The lowest BCUT2D eigenvalue weighted by Gasteiger charge is -2.18. The molecule has 2 heterocycles. The summed E-state index contributed by atoms with van der Waals surface area (Å²) in [5.74, 6) is -0.208. The molecule has 1 N–H and O–H groups in total. The normalized spacial score (nSPS) is 12.0. The van der Waals surface area contributed by atoms with Crippen molar-refractivity contribution in [3.63, 3.8) is 0 Å². The lowest BCUT2D eigenvalue weighted by molar-refractivity contribution is 0.0933. The molecule has 2 aromatic heterocycles. The Hall–Kier alpha value is -2.44. The first kappa shape index (κ1) is 19.3. The molecule has 140 valence electrons. The van der Waals surface area contributed by atoms with Gasteiger partial charge in [-0.25, -0.2) is 0 Å². The van der Waals surface area contributed by atoms with Gasteiger partial charge in [0.2, 0.25) is 0 Å². The lowest BCUT2D eigenvalue weighted by atomic mass is 10.1. The van der Waals surface area contributed by atoms with E-state index < -0.39 is 0 Å². The molecule has 0 aliphatic carbocycles. The molecular formula is C19H19Cl2N5O. The maximum atomic E-state index is 12.9. The van der Waals surface area contributed by atoms with Gasteiger partial charge in [-0.2, -0.15) is 15.0 Å². The van der Waals surface area contributed by atoms with E-state index >= 15 is 0 Å². The van der Waals surface area contributed by atoms with Crippen molar-refractivity contribution < 1.29 is 4.79 Å². The first-order chi connectivity index (χ1) is 13.1. The highest BCUT2D eigenvalue weighted by Gasteiger charge is 2.18. The lowest BCUT2D eigenvalue weighted by Crippen LogP contribution is -2.35. The SMILES string of the molecule is CC[C@@H](CCc1ccc(Cl)cn1)NC(=O)c1cc(Cl)ccc1-n1nccn1. The Kier molecular flexibility index (Phi) is 6.42. The van der Waals surface area contributed by atoms with Crippen LogP contribution in [0, 0.1) is 0 Å². The summed E-state index contributed by atoms with van der Waals surface area (Å²) < 4.78 is 0. The highest BCUT2D eigenvalue weighted by Crippen LogP contribution is 2.19. The van der Waals surface area contributed by atoms with Crippen molar-refractivity contribution in [3.8, 4) is 5.69 Å². The molecule has 1 aromatic carbocycles. The molecule has 1 atom stereocenters. The van der Waals surface area contributed by atoms with Gasteiger partial charge in [-0.15, -0.1) is 0 Å². The summed E-state index contributed by atoms with van der Waals surface area (Å²) in [6.45, 7) is 2.04. The van der Waals surface area contributed by atoms with Crippen molar-refractivity contribution in [2.75, 3.05) is 0 Å². The van der Waals surface area contributed by atoms with Crippen molar-refractivity contribution in [1.82, 2.24) is 25.3 Å². The molecule has 6 nitrogen and oxygen atoms in total. The van der Waals surface area contributed by atoms with E-state index in [4.69, 9.17) is 23.2 Å². The van der Waals surface area contributed by atoms with Gasteiger partial charge in [-0.1, -0.05) is 30.1 Å². The predicted molar refractivity (Wildman–Crippen MR) is 105 cm³/mol. The number of nitrogens with one attached hydrogen (secondary N) is 1. The number of carbonyl (C=O) groups excluding carboxylic acids is 1. The molecule has 0 bridgehead atoms. The van der Waals surface area contributed by atoms with Crippen molar-refractivity contribution in [3.05, 3.63) is 70.2 Å². The third kappa shape index (κ3) is 5.05. The predicted octanol–water partition coefficient (Wildman–Crippen LogP) is 4.11. The summed E-state index contributed by atoms with van der Waals surface area (Å²) in [5.41, 5.74) is 1.95. The van der Waals surface area contributed by atoms with Crippen LogP contribution in [0.15, 0.2) is 48.9 Å². The van der Waals surface area contributed by atoms with Gasteiger partial charge in [0.15, 0.2) is 0 Å². The van der Waals surface area contributed by atoms with Crippen LogP contribution in [0.2, 0.25) is 10.0 Å². The minimum atomic E-state index is -0.208. The summed E-state index contributed by atoms with van der Waals surface area (Å²) >= 11 is 12.0. The van der Waals surface area contributed by atoms with Crippen LogP contribution in [0.3, 0.4) is 0 Å². The largest absolute Gasteiger partial charge is 0.349 e. The summed E-state index contributed by atoms with van der Waals surface area (Å²) in [4.78, 5) is 18.6. The number of aryl methyl sites for hydroxylation is 1. The molecule has 0 saturated carbocycles. The number of benzene rings is 1. The zero-order chi connectivity index (χ0) is 19.2. The number of halogens is 2. The van der Waals surface area contributed by atoms with Gasteiger partial charge in [0.25, 0.3) is 5.91 Å². The average molecular weight is 404 g/mol. The maximum Gasteiger partial charge on any atom is 0.253 e. The summed E-state index contributed by atoms with van der Waals surface area (Å²) in [6, 6.07) is 8.79. The second kappa shape index (κ2) is 8.97. The molecule has 0 spiro atoms. The van der Waals surface area contributed by atoms with Crippen molar-refractivity contribution in [2.24, 2.45) is 0 Å². The quantitative estimate of drug-likeness (QED) is 0.643. The monoisotopic (exact) mass is 403 g/mol. The highest BCUT2D eigenvalue weighted by atomic mass is 35.5. The highest BCUT2D eigenvalue weighted by molar-refractivity contribution is 6.31. The third-order valence-electron chi connectivity index (χ3n) is 4.20. The van der Waals surface area contributed by atoms with Crippen molar-refractivity contribution >= 4 is 29.1 Å². The van der Waals surface area contributed by atoms with Gasteiger partial charge in [-0.3, -0.25) is 9.78 Å². The Balaban J connectivity index is 1.71. The van der Waals surface area contributed by atoms with Crippen LogP contribution in [0.25, 0.3) is 5.69 Å². The van der Waals surface area contributed by atoms with Gasteiger partial charge < -0.3 is 5.32 Å². The van der Waals surface area contributed by atoms with E-state index in [-0.39, 0.29) is 11.9 Å². The molecular weight excluding hydrogens is 385 g/mol. The molecule has 27 heavy (non-hydrogen) atoms. The van der Waals surface area contributed by atoms with Crippen LogP contribution in [0.5, 0.6) is 0 Å². The average Bonchev–Trinajstić information content (AvgIpc) is 3.20. The number of hydrogen-bond acceptors (Lipinski definition) is 4. The molecule has 3 aromatic rings. The fourth-order valence-electron chi connectivity index (χ4n) is 2.72. The molecule has 0 aliphatic heterocycles. The number of amides is 1. The number of nitrogens with zero attached hydrogens (tertiary/aromatic N) is 4. The Labute approximate surface area is 167 Å². The topological polar surface area (TPSA) is 72.7 Å². The molecule has 0 saturated heterocycles. The Morgan fingerprint density at radius 2 is 1.89 bits per heavy atom. The van der Waals surface area contributed by atoms with Gasteiger partial charge in [0.1, 0.15) is 0 Å². The number of hydrogen-bond donors (Lipinski definition) is 1. The van der Waals surface area contributed by atoms with Gasteiger partial charge >= 0.3 is 0 Å². The summed E-state index contributed by atoms with van der Waals surface area (Å²) in [5, 5.41) is 12.4. The van der Waals surface area contributed by atoms with Gasteiger partial charge in [0.05, 0.1) is 28.7 Å². The minimum Gasteiger partial charge on any atom is -0.349 e. The number of carbonyl (C=O) groups is 1. The molecule has 0 radical (unpaired) electrons. The van der Waals surface area contributed by atoms with Crippen LogP contribution < -0.4 is 5.32 Å². The Morgan fingerprint density at radius 3 is 2.56 bits per heavy atom. The van der Waals surface area contributed by atoms with E-state index in [0.717, 1.165) is 25.0 Å². The Morgan fingerprint density at radius 1 is 1.15 bits per heavy atom. The van der Waals surface area contributed by atoms with E-state index in [1.807, 2.05) is 19.1 Å². The molecule has 0 aliphatic rings. The molecule has 8 heteroatoms. The standard InChI is InChI=1S/C19H19Cl2N5O/c1-2-15(6-7-16-5-3-14(21)12-22-16)25-19(27)17-11-13(20)4-8-18(17)26-23-9-10-24-26/h3-5,8-12,15H,2,6-7H2,1H3,(H,25,27)/t15-/m0/s1. The zero-order valence-electron chi connectivity index (χ0n) is 14.8. The van der Waals surface area contributed by atoms with E-state index in [1.54, 1.807) is 36.8 Å². The van der Waals surface area contributed by atoms with Crippen LogP contribution in [0.4, 0.5) is 0 Å². The van der Waals surface area contributed by atoms with Crippen LogP contribution >= 0.6 is 23.2 Å². The number of rotatable bonds is 7. The van der Waals surface area contributed by atoms with Crippen molar-refractivity contribution in [1.29, 1.82) is 0 Å². The van der Waals surface area contributed by atoms with Crippen molar-refractivity contribution in [2.45, 2.75) is 32.2 Å². The fourth-order valence-corrected chi connectivity index (χ4v) is 3.01. The van der Waals surface area contributed by atoms with Crippen LogP contribution in [-0.2, 0) is 6.42 Å². The summed E-state index contributed by atoms with van der Waals surface area (Å²) in [7, 11) is 0. The number of aromatic nitrogens is 4. The van der Waals surface area contributed by atoms with Crippen LogP contribution in [0.1, 0.15) is 35.8 Å². The van der Waals surface area contributed by atoms with Gasteiger partial charge in [-0.05, 0) is 49.6 Å². The van der Waals surface area contributed by atoms with E-state index in [0.29, 0.717) is 21.3 Å². The smallest absolute Gasteiger partial charge is 0.253 e. The van der Waals surface area contributed by atoms with Crippen LogP contribution in [-0.4, -0.2) is 31.9 Å². The summed E-state index contributed by atoms with van der Waals surface area (Å²) in [6.07, 6.45) is 7.07.